The molecule has 1 aromatic rings. The van der Waals surface area contributed by atoms with Crippen molar-refractivity contribution in [1.82, 2.24) is 4.90 Å². The number of ether oxygens (including phenoxy) is 1. The maximum atomic E-state index is 13.7. The Morgan fingerprint density at radius 1 is 1.29 bits per heavy atom. The fraction of sp³-hybridized carbons (Fsp3) is 0.647. The molecule has 4 heteroatoms. The highest BCUT2D eigenvalue weighted by Crippen LogP contribution is 2.36. The summed E-state index contributed by atoms with van der Waals surface area (Å²) in [7, 11) is 3.58. The van der Waals surface area contributed by atoms with Crippen molar-refractivity contribution in [3.63, 3.8) is 0 Å². The van der Waals surface area contributed by atoms with Gasteiger partial charge in [-0.2, -0.15) is 0 Å². The van der Waals surface area contributed by atoms with Crippen molar-refractivity contribution in [2.75, 3.05) is 27.2 Å². The van der Waals surface area contributed by atoms with Gasteiger partial charge in [-0.3, -0.25) is 0 Å². The smallest absolute Gasteiger partial charge is 0.165 e. The summed E-state index contributed by atoms with van der Waals surface area (Å²) in [6.45, 7) is 2.47. The number of hydrogen-bond donors (Lipinski definition) is 1. The summed E-state index contributed by atoms with van der Waals surface area (Å²) in [5.41, 5.74) is 7.26. The van der Waals surface area contributed by atoms with Crippen molar-refractivity contribution >= 4 is 0 Å². The molecule has 21 heavy (non-hydrogen) atoms. The molecule has 0 amide bonds. The molecule has 1 fully saturated rings. The highest BCUT2D eigenvalue weighted by Gasteiger charge is 2.31. The second-order valence-electron chi connectivity index (χ2n) is 6.41. The Hall–Kier alpha value is -1.13. The third-order valence-electron chi connectivity index (χ3n) is 4.62. The number of halogens is 1. The fourth-order valence-electron chi connectivity index (χ4n) is 3.48. The van der Waals surface area contributed by atoms with Crippen LogP contribution in [0.5, 0.6) is 5.75 Å². The van der Waals surface area contributed by atoms with Crippen LogP contribution in [0.2, 0.25) is 0 Å². The molecular weight excluding hydrogens is 267 g/mol. The maximum absolute atomic E-state index is 13.7. The molecular formula is C17H27FN2O. The Kier molecular flexibility index (Phi) is 5.59. The zero-order valence-corrected chi connectivity index (χ0v) is 13.2. The van der Waals surface area contributed by atoms with Crippen LogP contribution >= 0.6 is 0 Å². The van der Waals surface area contributed by atoms with E-state index in [0.717, 1.165) is 25.2 Å². The lowest BCUT2D eigenvalue weighted by Gasteiger charge is -2.39. The van der Waals surface area contributed by atoms with Crippen LogP contribution in [0.3, 0.4) is 0 Å². The van der Waals surface area contributed by atoms with Crippen LogP contribution in [0.25, 0.3) is 0 Å². The molecule has 1 aliphatic rings. The van der Waals surface area contributed by atoms with Crippen LogP contribution in [0.1, 0.15) is 37.7 Å². The van der Waals surface area contributed by atoms with Gasteiger partial charge in [0, 0.05) is 13.1 Å². The first kappa shape index (κ1) is 16.2. The van der Waals surface area contributed by atoms with E-state index >= 15 is 0 Å². The summed E-state index contributed by atoms with van der Waals surface area (Å²) in [6, 6.07) is 5.18. The average molecular weight is 294 g/mol. The van der Waals surface area contributed by atoms with E-state index in [0.29, 0.717) is 5.75 Å². The molecule has 0 aliphatic heterocycles. The van der Waals surface area contributed by atoms with Gasteiger partial charge >= 0.3 is 0 Å². The summed E-state index contributed by atoms with van der Waals surface area (Å²) in [4.78, 5) is 2.26. The van der Waals surface area contributed by atoms with E-state index in [1.54, 1.807) is 12.1 Å². The summed E-state index contributed by atoms with van der Waals surface area (Å²) >= 11 is 0. The number of nitrogens with two attached hydrogens (primary N) is 1. The number of rotatable bonds is 6. The van der Waals surface area contributed by atoms with Crippen molar-refractivity contribution in [1.29, 1.82) is 0 Å². The van der Waals surface area contributed by atoms with Crippen LogP contribution in [-0.2, 0) is 6.54 Å². The van der Waals surface area contributed by atoms with Gasteiger partial charge in [-0.05, 0) is 49.5 Å². The van der Waals surface area contributed by atoms with Crippen molar-refractivity contribution < 1.29 is 9.13 Å². The van der Waals surface area contributed by atoms with Gasteiger partial charge in [-0.25, -0.2) is 4.39 Å². The monoisotopic (exact) mass is 294 g/mol. The number of methoxy groups -OCH3 is 1. The molecule has 0 unspecified atom stereocenters. The lowest BCUT2D eigenvalue weighted by atomic mass is 9.73. The predicted octanol–water partition coefficient (Wildman–Crippen LogP) is 3.18. The lowest BCUT2D eigenvalue weighted by molar-refractivity contribution is 0.124. The average Bonchev–Trinajstić information content (AvgIpc) is 2.48. The molecule has 0 spiro atoms. The summed E-state index contributed by atoms with van der Waals surface area (Å²) in [5, 5.41) is 0. The van der Waals surface area contributed by atoms with E-state index < -0.39 is 0 Å². The van der Waals surface area contributed by atoms with E-state index in [-0.39, 0.29) is 11.2 Å². The molecule has 2 rings (SSSR count). The maximum Gasteiger partial charge on any atom is 0.165 e. The Balaban J connectivity index is 1.97. The van der Waals surface area contributed by atoms with Crippen molar-refractivity contribution in [3.05, 3.63) is 29.6 Å². The standard InChI is InChI=1S/C17H27FN2O/c1-20(13-17(12-19)8-4-3-5-9-17)11-14-6-7-16(21-2)15(18)10-14/h6-7,10H,3-5,8-9,11-13,19H2,1-2H3. The molecule has 0 radical (unpaired) electrons. The molecule has 0 heterocycles. The molecule has 1 aromatic carbocycles. The van der Waals surface area contributed by atoms with Gasteiger partial charge in [0.15, 0.2) is 11.6 Å². The molecule has 1 saturated carbocycles. The number of hydrogen-bond acceptors (Lipinski definition) is 3. The molecule has 3 nitrogen and oxygen atoms in total. The predicted molar refractivity (Wildman–Crippen MR) is 83.9 cm³/mol. The minimum absolute atomic E-state index is 0.248. The fourth-order valence-corrected chi connectivity index (χ4v) is 3.48. The molecule has 0 atom stereocenters. The Bertz CT molecular complexity index is 458. The second-order valence-corrected chi connectivity index (χ2v) is 6.41. The van der Waals surface area contributed by atoms with E-state index in [1.165, 1.54) is 39.2 Å². The summed E-state index contributed by atoms with van der Waals surface area (Å²) in [6.07, 6.45) is 6.31. The molecule has 0 bridgehead atoms. The Labute approximate surface area is 127 Å². The van der Waals surface area contributed by atoms with Crippen molar-refractivity contribution in [3.8, 4) is 5.75 Å². The van der Waals surface area contributed by atoms with Crippen molar-refractivity contribution in [2.45, 2.75) is 38.6 Å². The third-order valence-corrected chi connectivity index (χ3v) is 4.62. The van der Waals surface area contributed by atoms with Crippen LogP contribution in [0, 0.1) is 11.2 Å². The molecule has 1 aliphatic carbocycles. The van der Waals surface area contributed by atoms with Gasteiger partial charge in [0.2, 0.25) is 0 Å². The summed E-state index contributed by atoms with van der Waals surface area (Å²) < 4.78 is 18.7. The van der Waals surface area contributed by atoms with Gasteiger partial charge in [0.1, 0.15) is 0 Å². The number of nitrogens with zero attached hydrogens (tertiary/aromatic N) is 1. The minimum atomic E-state index is -0.297. The van der Waals surface area contributed by atoms with Crippen LogP contribution in [0.4, 0.5) is 4.39 Å². The van der Waals surface area contributed by atoms with Gasteiger partial charge in [-0.15, -0.1) is 0 Å². The SMILES string of the molecule is COc1ccc(CN(C)CC2(CN)CCCCC2)cc1F. The van der Waals surface area contributed by atoms with Gasteiger partial charge in [0.05, 0.1) is 7.11 Å². The molecule has 118 valence electrons. The third kappa shape index (κ3) is 4.17. The minimum Gasteiger partial charge on any atom is -0.494 e. The molecule has 0 aromatic heterocycles. The van der Waals surface area contributed by atoms with Gasteiger partial charge in [-0.1, -0.05) is 25.3 Å². The number of benzene rings is 1. The normalized spacial score (nSPS) is 18.0. The highest BCUT2D eigenvalue weighted by molar-refractivity contribution is 5.29. The zero-order valence-electron chi connectivity index (χ0n) is 13.2. The lowest BCUT2D eigenvalue weighted by Crippen LogP contribution is -2.42. The van der Waals surface area contributed by atoms with Crippen LogP contribution in [0.15, 0.2) is 18.2 Å². The Morgan fingerprint density at radius 3 is 2.57 bits per heavy atom. The first-order valence-corrected chi connectivity index (χ1v) is 7.80. The van der Waals surface area contributed by atoms with Gasteiger partial charge < -0.3 is 15.4 Å². The van der Waals surface area contributed by atoms with Crippen molar-refractivity contribution in [2.24, 2.45) is 11.1 Å². The highest BCUT2D eigenvalue weighted by atomic mass is 19.1. The quantitative estimate of drug-likeness (QED) is 0.876. The Morgan fingerprint density at radius 2 is 2.00 bits per heavy atom. The molecule has 2 N–H and O–H groups in total. The van der Waals surface area contributed by atoms with E-state index in [9.17, 15) is 4.39 Å². The first-order valence-electron chi connectivity index (χ1n) is 7.80. The largest absolute Gasteiger partial charge is 0.494 e. The van der Waals surface area contributed by atoms with E-state index in [4.69, 9.17) is 10.5 Å². The van der Waals surface area contributed by atoms with E-state index in [2.05, 4.69) is 11.9 Å². The van der Waals surface area contributed by atoms with E-state index in [1.807, 2.05) is 6.07 Å². The molecule has 0 saturated heterocycles. The van der Waals surface area contributed by atoms with Crippen LogP contribution in [-0.4, -0.2) is 32.1 Å². The zero-order chi connectivity index (χ0) is 15.3. The topological polar surface area (TPSA) is 38.5 Å². The summed E-state index contributed by atoms with van der Waals surface area (Å²) in [5.74, 6) is 0.00159. The first-order chi connectivity index (χ1) is 10.1. The van der Waals surface area contributed by atoms with Gasteiger partial charge in [0.25, 0.3) is 0 Å². The van der Waals surface area contributed by atoms with Crippen LogP contribution < -0.4 is 10.5 Å². The second kappa shape index (κ2) is 7.23.